The molecular formula is C24H18FN3. The summed E-state index contributed by atoms with van der Waals surface area (Å²) in [6, 6.07) is 20.8. The van der Waals surface area contributed by atoms with Crippen LogP contribution in [0.25, 0.3) is 38.8 Å². The van der Waals surface area contributed by atoms with Gasteiger partial charge in [-0.3, -0.25) is 4.98 Å². The van der Waals surface area contributed by atoms with Crippen LogP contribution in [0.5, 0.6) is 0 Å². The van der Waals surface area contributed by atoms with E-state index in [1.807, 2.05) is 29.1 Å². The highest BCUT2D eigenvalue weighted by atomic mass is 19.1. The summed E-state index contributed by atoms with van der Waals surface area (Å²) in [6.07, 6.45) is 1.88. The molecule has 0 atom stereocenters. The number of fused-ring (bicyclic) bond motifs is 3. The number of benzene rings is 3. The lowest BCUT2D eigenvalue weighted by atomic mass is 10.0. The smallest absolute Gasteiger partial charge is 0.123 e. The van der Waals surface area contributed by atoms with Crippen molar-refractivity contribution >= 4 is 21.8 Å². The molecule has 3 aromatic carbocycles. The number of para-hydroxylation sites is 1. The van der Waals surface area contributed by atoms with Crippen molar-refractivity contribution in [2.75, 3.05) is 0 Å². The van der Waals surface area contributed by atoms with Gasteiger partial charge in [0.15, 0.2) is 0 Å². The molecule has 0 spiro atoms. The van der Waals surface area contributed by atoms with E-state index in [2.05, 4.69) is 43.1 Å². The van der Waals surface area contributed by atoms with E-state index in [1.54, 1.807) is 12.1 Å². The van der Waals surface area contributed by atoms with E-state index in [-0.39, 0.29) is 5.82 Å². The molecule has 2 heterocycles. The summed E-state index contributed by atoms with van der Waals surface area (Å²) in [5.74, 6) is -0.263. The molecule has 5 aromatic rings. The summed E-state index contributed by atoms with van der Waals surface area (Å²) in [5.41, 5.74) is 7.09. The number of pyridine rings is 1. The van der Waals surface area contributed by atoms with Gasteiger partial charge in [0, 0.05) is 22.5 Å². The lowest BCUT2D eigenvalue weighted by Gasteiger charge is -2.05. The molecule has 0 radical (unpaired) electrons. The first kappa shape index (κ1) is 16.6. The average molecular weight is 367 g/mol. The minimum atomic E-state index is -0.263. The maximum absolute atomic E-state index is 13.5. The molecule has 0 bridgehead atoms. The summed E-state index contributed by atoms with van der Waals surface area (Å²) in [4.78, 5) is 4.64. The molecule has 0 saturated heterocycles. The predicted molar refractivity (Wildman–Crippen MR) is 111 cm³/mol. The van der Waals surface area contributed by atoms with E-state index >= 15 is 0 Å². The molecule has 0 aliphatic rings. The van der Waals surface area contributed by atoms with Gasteiger partial charge in [-0.2, -0.15) is 5.10 Å². The van der Waals surface area contributed by atoms with Crippen LogP contribution in [-0.4, -0.2) is 14.8 Å². The molecule has 0 N–H and O–H groups in total. The molecule has 5 rings (SSSR count). The minimum absolute atomic E-state index is 0.263. The van der Waals surface area contributed by atoms with Crippen LogP contribution in [0.2, 0.25) is 0 Å². The zero-order chi connectivity index (χ0) is 19.3. The van der Waals surface area contributed by atoms with Crippen LogP contribution in [0.4, 0.5) is 4.39 Å². The maximum Gasteiger partial charge on any atom is 0.123 e. The van der Waals surface area contributed by atoms with E-state index in [9.17, 15) is 4.39 Å². The Morgan fingerprint density at radius 2 is 1.61 bits per heavy atom. The van der Waals surface area contributed by atoms with Crippen LogP contribution in [0.15, 0.2) is 72.9 Å². The Labute approximate surface area is 162 Å². The van der Waals surface area contributed by atoms with Gasteiger partial charge in [0.05, 0.1) is 16.7 Å². The molecular weight excluding hydrogens is 349 g/mol. The first-order chi connectivity index (χ1) is 13.6. The van der Waals surface area contributed by atoms with Crippen molar-refractivity contribution in [3.05, 3.63) is 89.9 Å². The van der Waals surface area contributed by atoms with Crippen molar-refractivity contribution in [3.8, 4) is 16.9 Å². The topological polar surface area (TPSA) is 30.7 Å². The van der Waals surface area contributed by atoms with E-state index in [4.69, 9.17) is 5.10 Å². The first-order valence-electron chi connectivity index (χ1n) is 9.22. The van der Waals surface area contributed by atoms with Crippen LogP contribution in [-0.2, 0) is 0 Å². The van der Waals surface area contributed by atoms with E-state index in [0.717, 1.165) is 38.8 Å². The standard InChI is InChI=1S/C24H18FN3/c1-15-7-8-17(13-16(15)2)23-21-14-26-22-6-4-3-5-20(22)24(21)28(27-23)19-11-9-18(25)10-12-19/h3-14H,1-2H3. The van der Waals surface area contributed by atoms with Crippen molar-refractivity contribution in [2.24, 2.45) is 0 Å². The van der Waals surface area contributed by atoms with Crippen molar-refractivity contribution < 1.29 is 4.39 Å². The van der Waals surface area contributed by atoms with Crippen LogP contribution < -0.4 is 0 Å². The second-order valence-electron chi connectivity index (χ2n) is 7.07. The van der Waals surface area contributed by atoms with Gasteiger partial charge in [-0.15, -0.1) is 0 Å². The third-order valence-corrected chi connectivity index (χ3v) is 5.27. The predicted octanol–water partition coefficient (Wildman–Crippen LogP) is 6.00. The molecule has 0 aliphatic heterocycles. The van der Waals surface area contributed by atoms with Crippen molar-refractivity contribution in [1.29, 1.82) is 0 Å². The Hall–Kier alpha value is -3.53. The Morgan fingerprint density at radius 1 is 0.821 bits per heavy atom. The SMILES string of the molecule is Cc1ccc(-c2nn(-c3ccc(F)cc3)c3c2cnc2ccccc23)cc1C. The van der Waals surface area contributed by atoms with Gasteiger partial charge < -0.3 is 0 Å². The second-order valence-corrected chi connectivity index (χ2v) is 7.07. The minimum Gasteiger partial charge on any atom is -0.255 e. The van der Waals surface area contributed by atoms with Crippen molar-refractivity contribution in [3.63, 3.8) is 0 Å². The monoisotopic (exact) mass is 367 g/mol. The fourth-order valence-electron chi connectivity index (χ4n) is 3.60. The largest absolute Gasteiger partial charge is 0.255 e. The quantitative estimate of drug-likeness (QED) is 0.383. The van der Waals surface area contributed by atoms with Crippen molar-refractivity contribution in [1.82, 2.24) is 14.8 Å². The van der Waals surface area contributed by atoms with Crippen LogP contribution in [0, 0.1) is 19.7 Å². The number of aryl methyl sites for hydroxylation is 2. The fourth-order valence-corrected chi connectivity index (χ4v) is 3.60. The third kappa shape index (κ3) is 2.57. The highest BCUT2D eigenvalue weighted by Gasteiger charge is 2.17. The second kappa shape index (κ2) is 6.27. The number of aromatic nitrogens is 3. The van der Waals surface area contributed by atoms with Gasteiger partial charge in [0.25, 0.3) is 0 Å². The lowest BCUT2D eigenvalue weighted by molar-refractivity contribution is 0.627. The molecule has 0 unspecified atom stereocenters. The molecule has 0 aliphatic carbocycles. The molecule has 2 aromatic heterocycles. The van der Waals surface area contributed by atoms with E-state index in [1.165, 1.54) is 23.3 Å². The molecule has 0 saturated carbocycles. The first-order valence-corrected chi connectivity index (χ1v) is 9.22. The number of hydrogen-bond acceptors (Lipinski definition) is 2. The Bertz CT molecular complexity index is 1330. The molecule has 28 heavy (non-hydrogen) atoms. The highest BCUT2D eigenvalue weighted by molar-refractivity contribution is 6.08. The summed E-state index contributed by atoms with van der Waals surface area (Å²) in [5, 5.41) is 6.93. The van der Waals surface area contributed by atoms with Gasteiger partial charge in [0.2, 0.25) is 0 Å². The van der Waals surface area contributed by atoms with E-state index < -0.39 is 0 Å². The Kier molecular flexibility index (Phi) is 3.72. The van der Waals surface area contributed by atoms with Crippen LogP contribution in [0.1, 0.15) is 11.1 Å². The summed E-state index contributed by atoms with van der Waals surface area (Å²) in [7, 11) is 0. The average Bonchev–Trinajstić information content (AvgIpc) is 3.11. The number of halogens is 1. The number of hydrogen-bond donors (Lipinski definition) is 0. The highest BCUT2D eigenvalue weighted by Crippen LogP contribution is 2.34. The maximum atomic E-state index is 13.5. The van der Waals surface area contributed by atoms with Gasteiger partial charge in [-0.1, -0.05) is 30.3 Å². The summed E-state index contributed by atoms with van der Waals surface area (Å²) < 4.78 is 15.4. The normalized spacial score (nSPS) is 11.4. The third-order valence-electron chi connectivity index (χ3n) is 5.27. The number of nitrogens with zero attached hydrogens (tertiary/aromatic N) is 3. The lowest BCUT2D eigenvalue weighted by Crippen LogP contribution is -1.97. The van der Waals surface area contributed by atoms with Crippen LogP contribution in [0.3, 0.4) is 0 Å². The Morgan fingerprint density at radius 3 is 2.39 bits per heavy atom. The summed E-state index contributed by atoms with van der Waals surface area (Å²) in [6.45, 7) is 4.20. The Balaban J connectivity index is 1.88. The molecule has 0 fully saturated rings. The zero-order valence-electron chi connectivity index (χ0n) is 15.6. The van der Waals surface area contributed by atoms with Gasteiger partial charge in [0.1, 0.15) is 11.5 Å². The van der Waals surface area contributed by atoms with Gasteiger partial charge >= 0.3 is 0 Å². The molecule has 3 nitrogen and oxygen atoms in total. The van der Waals surface area contributed by atoms with Crippen LogP contribution >= 0.6 is 0 Å². The number of rotatable bonds is 2. The molecule has 136 valence electrons. The van der Waals surface area contributed by atoms with Gasteiger partial charge in [-0.25, -0.2) is 9.07 Å². The fraction of sp³-hybridized carbons (Fsp3) is 0.0833. The zero-order valence-corrected chi connectivity index (χ0v) is 15.6. The van der Waals surface area contributed by atoms with E-state index in [0.29, 0.717) is 0 Å². The summed E-state index contributed by atoms with van der Waals surface area (Å²) >= 11 is 0. The van der Waals surface area contributed by atoms with Gasteiger partial charge in [-0.05, 0) is 61.4 Å². The molecule has 0 amide bonds. The van der Waals surface area contributed by atoms with Crippen molar-refractivity contribution in [2.45, 2.75) is 13.8 Å². The molecule has 4 heteroatoms.